The fourth-order valence-corrected chi connectivity index (χ4v) is 5.47. The molecule has 1 N–H and O–H groups in total. The van der Waals surface area contributed by atoms with Gasteiger partial charge in [0.15, 0.2) is 0 Å². The highest BCUT2D eigenvalue weighted by Crippen LogP contribution is 2.35. The van der Waals surface area contributed by atoms with E-state index in [0.717, 1.165) is 6.07 Å². The first-order chi connectivity index (χ1) is 12.2. The zero-order chi connectivity index (χ0) is 18.9. The lowest BCUT2D eigenvalue weighted by molar-refractivity contribution is 0.453. The monoisotopic (exact) mass is 388 g/mol. The van der Waals surface area contributed by atoms with Gasteiger partial charge in [0.1, 0.15) is 10.6 Å². The summed E-state index contributed by atoms with van der Waals surface area (Å²) in [7, 11) is -7.99. The number of hydrogen-bond donors (Lipinski definition) is 1. The minimum Gasteiger partial charge on any atom is -0.506 e. The summed E-state index contributed by atoms with van der Waals surface area (Å²) in [6.45, 7) is 1.46. The van der Waals surface area contributed by atoms with Gasteiger partial charge in [-0.05, 0) is 48.9 Å². The number of sulfone groups is 2. The largest absolute Gasteiger partial charge is 0.506 e. The van der Waals surface area contributed by atoms with Crippen LogP contribution < -0.4 is 0 Å². The first-order valence-electron chi connectivity index (χ1n) is 7.68. The third kappa shape index (κ3) is 3.11. The quantitative estimate of drug-likeness (QED) is 0.740. The molecule has 0 aliphatic heterocycles. The molecular weight excluding hydrogens is 372 g/mol. The highest BCUT2D eigenvalue weighted by atomic mass is 32.2. The number of phenols is 1. The van der Waals surface area contributed by atoms with Crippen LogP contribution in [0.1, 0.15) is 5.56 Å². The first kappa shape index (κ1) is 18.2. The lowest BCUT2D eigenvalue weighted by Gasteiger charge is -2.12. The van der Waals surface area contributed by atoms with Gasteiger partial charge < -0.3 is 5.11 Å². The molecular formula is C19H16O5S2. The predicted molar refractivity (Wildman–Crippen MR) is 96.6 cm³/mol. The summed E-state index contributed by atoms with van der Waals surface area (Å²) in [5, 5.41) is 10.3. The maximum atomic E-state index is 12.9. The average molecular weight is 388 g/mol. The maximum absolute atomic E-state index is 12.9. The van der Waals surface area contributed by atoms with Gasteiger partial charge in [0.2, 0.25) is 19.7 Å². The lowest BCUT2D eigenvalue weighted by atomic mass is 10.2. The minimum absolute atomic E-state index is 0.0241. The zero-order valence-electron chi connectivity index (χ0n) is 13.8. The average Bonchev–Trinajstić information content (AvgIpc) is 2.65. The molecule has 26 heavy (non-hydrogen) atoms. The van der Waals surface area contributed by atoms with Crippen LogP contribution in [0.4, 0.5) is 0 Å². The van der Waals surface area contributed by atoms with Crippen molar-refractivity contribution in [1.29, 1.82) is 0 Å². The van der Waals surface area contributed by atoms with E-state index in [0.29, 0.717) is 0 Å². The van der Waals surface area contributed by atoms with Gasteiger partial charge in [-0.2, -0.15) is 0 Å². The molecule has 3 aromatic carbocycles. The summed E-state index contributed by atoms with van der Waals surface area (Å²) in [5.41, 5.74) is 0.163. The van der Waals surface area contributed by atoms with Crippen molar-refractivity contribution in [2.45, 2.75) is 26.5 Å². The van der Waals surface area contributed by atoms with Crippen molar-refractivity contribution in [3.05, 3.63) is 78.4 Å². The van der Waals surface area contributed by atoms with Gasteiger partial charge in [0.25, 0.3) is 0 Å². The lowest BCUT2D eigenvalue weighted by Crippen LogP contribution is -2.07. The molecule has 134 valence electrons. The molecule has 0 saturated carbocycles. The Bertz CT molecular complexity index is 1150. The summed E-state index contributed by atoms with van der Waals surface area (Å²) in [6.07, 6.45) is 0. The molecule has 3 aromatic rings. The van der Waals surface area contributed by atoms with Crippen molar-refractivity contribution in [3.8, 4) is 5.75 Å². The molecule has 0 saturated heterocycles. The van der Waals surface area contributed by atoms with Gasteiger partial charge in [-0.3, -0.25) is 0 Å². The number of rotatable bonds is 4. The molecule has 0 unspecified atom stereocenters. The molecule has 0 radical (unpaired) electrons. The zero-order valence-corrected chi connectivity index (χ0v) is 15.5. The second kappa shape index (κ2) is 6.59. The van der Waals surface area contributed by atoms with Crippen LogP contribution in [0.5, 0.6) is 5.75 Å². The number of aromatic hydroxyl groups is 1. The van der Waals surface area contributed by atoms with Crippen LogP contribution in [0.2, 0.25) is 0 Å². The highest BCUT2D eigenvalue weighted by molar-refractivity contribution is 7.92. The van der Waals surface area contributed by atoms with Crippen molar-refractivity contribution in [1.82, 2.24) is 0 Å². The Hall–Kier alpha value is -2.64. The van der Waals surface area contributed by atoms with E-state index < -0.39 is 30.3 Å². The summed E-state index contributed by atoms with van der Waals surface area (Å²) in [6, 6.07) is 17.6. The third-order valence-electron chi connectivity index (χ3n) is 3.95. The van der Waals surface area contributed by atoms with Crippen LogP contribution in [0.3, 0.4) is 0 Å². The normalized spacial score (nSPS) is 12.0. The van der Waals surface area contributed by atoms with Gasteiger partial charge in [0, 0.05) is 0 Å². The molecule has 5 nitrogen and oxygen atoms in total. The minimum atomic E-state index is -4.07. The van der Waals surface area contributed by atoms with Gasteiger partial charge >= 0.3 is 0 Å². The molecule has 0 aromatic heterocycles. The Morgan fingerprint density at radius 3 is 1.62 bits per heavy atom. The van der Waals surface area contributed by atoms with E-state index in [2.05, 4.69) is 0 Å². The predicted octanol–water partition coefficient (Wildman–Crippen LogP) is 3.37. The summed E-state index contributed by atoms with van der Waals surface area (Å²) < 4.78 is 51.4. The second-order valence-corrected chi connectivity index (χ2v) is 9.59. The summed E-state index contributed by atoms with van der Waals surface area (Å²) in [5.74, 6) is -0.458. The van der Waals surface area contributed by atoms with Gasteiger partial charge in [0.05, 0.1) is 14.7 Å². The van der Waals surface area contributed by atoms with Crippen LogP contribution in [0.25, 0.3) is 0 Å². The smallest absolute Gasteiger partial charge is 0.210 e. The topological polar surface area (TPSA) is 88.5 Å². The molecule has 0 aliphatic carbocycles. The second-order valence-electron chi connectivity index (χ2n) is 5.72. The maximum Gasteiger partial charge on any atom is 0.210 e. The third-order valence-corrected chi connectivity index (χ3v) is 7.48. The Balaban J connectivity index is 2.25. The molecule has 3 rings (SSSR count). The molecule has 0 heterocycles. The van der Waals surface area contributed by atoms with E-state index in [9.17, 15) is 21.9 Å². The van der Waals surface area contributed by atoms with E-state index in [1.165, 1.54) is 37.3 Å². The fourth-order valence-electron chi connectivity index (χ4n) is 2.54. The molecule has 0 spiro atoms. The van der Waals surface area contributed by atoms with E-state index in [-0.39, 0.29) is 20.2 Å². The van der Waals surface area contributed by atoms with Gasteiger partial charge in [-0.15, -0.1) is 0 Å². The Labute approximate surface area is 152 Å². The molecule has 7 heteroatoms. The van der Waals surface area contributed by atoms with Crippen LogP contribution in [-0.2, 0) is 19.7 Å². The Morgan fingerprint density at radius 1 is 0.654 bits per heavy atom. The van der Waals surface area contributed by atoms with Crippen LogP contribution >= 0.6 is 0 Å². The molecule has 0 fully saturated rings. The standard InChI is InChI=1S/C19H16O5S2/c1-14-12-17(25(21,22)15-8-4-2-5-9-15)13-18(19(14)20)26(23,24)16-10-6-3-7-11-16/h2-13,20H,1H3. The summed E-state index contributed by atoms with van der Waals surface area (Å²) >= 11 is 0. The van der Waals surface area contributed by atoms with Crippen LogP contribution in [-0.4, -0.2) is 21.9 Å². The fraction of sp³-hybridized carbons (Fsp3) is 0.0526. The first-order valence-corrected chi connectivity index (χ1v) is 10.6. The summed E-state index contributed by atoms with van der Waals surface area (Å²) in [4.78, 5) is -0.594. The van der Waals surface area contributed by atoms with E-state index >= 15 is 0 Å². The molecule has 0 amide bonds. The Morgan fingerprint density at radius 2 is 1.12 bits per heavy atom. The van der Waals surface area contributed by atoms with Crippen molar-refractivity contribution in [2.75, 3.05) is 0 Å². The number of aryl methyl sites for hydroxylation is 1. The van der Waals surface area contributed by atoms with E-state index in [1.807, 2.05) is 0 Å². The SMILES string of the molecule is Cc1cc(S(=O)(=O)c2ccccc2)cc(S(=O)(=O)c2ccccc2)c1O. The van der Waals surface area contributed by atoms with Crippen molar-refractivity contribution in [2.24, 2.45) is 0 Å². The number of phenolic OH excluding ortho intramolecular Hbond substituents is 1. The van der Waals surface area contributed by atoms with E-state index in [4.69, 9.17) is 0 Å². The van der Waals surface area contributed by atoms with Crippen LogP contribution in [0, 0.1) is 6.92 Å². The van der Waals surface area contributed by atoms with Crippen molar-refractivity contribution >= 4 is 19.7 Å². The van der Waals surface area contributed by atoms with Crippen molar-refractivity contribution < 1.29 is 21.9 Å². The van der Waals surface area contributed by atoms with Crippen molar-refractivity contribution in [3.63, 3.8) is 0 Å². The van der Waals surface area contributed by atoms with Gasteiger partial charge in [-0.1, -0.05) is 36.4 Å². The van der Waals surface area contributed by atoms with Gasteiger partial charge in [-0.25, -0.2) is 16.8 Å². The molecule has 0 bridgehead atoms. The number of benzene rings is 3. The Kier molecular flexibility index (Phi) is 4.60. The highest BCUT2D eigenvalue weighted by Gasteiger charge is 2.27. The van der Waals surface area contributed by atoms with Crippen LogP contribution in [0.15, 0.2) is 92.4 Å². The molecule has 0 atom stereocenters. The molecule has 0 aliphatic rings. The van der Waals surface area contributed by atoms with E-state index in [1.54, 1.807) is 36.4 Å². The number of hydrogen-bond acceptors (Lipinski definition) is 5.